The third-order valence-corrected chi connectivity index (χ3v) is 21.5. The smallest absolute Gasteiger partial charge is 0.335 e. The standard InChI is InChI=1S/C30H26N4O2.C28H28N4O2.C21H17F3N4O2.C20H30N4O2/c35-29(31-19-23-12-5-10-21-8-1-3-16-27(21)23)33-25-14-7-15-26(18-25)34-30(36)32-20-24-13-6-11-22-9-2-4-17-28(22)24;33-27(31-25-16-5-10-19-8-1-3-14-23(19)25)29-21-12-7-13-22(18-21)30-28(34)32-26-17-6-11-20-9-2-4-15-24(20)26;22-21(23,24)14-11-17(27-19(29)25-15-7-3-1-4-8-15)13-18(12-14)28-20(30)26-16-9-5-2-6-10-16;25-19(21-15-8-3-1-4-9-15)23-17-12-7-13-18(14-17)24-20(26)22-16-10-5-2-6-11-16/h1-18H,19-20H2,(H2,31,33,35)(H2,32,34,36);1-6,8-11,14-17,21-22H,7,12-13,18H2,(H2,29,31,33)(H2,30,32,34);1-13H,(H2,25,27,29)(H2,26,28,30);7,12-16H,1-6,8-11H2,(H2,21,23,25)(H2,22,24,26). The molecule has 0 heterocycles. The molecule has 13 aromatic rings. The van der Waals surface area contributed by atoms with E-state index in [1.165, 1.54) is 44.6 Å². The van der Waals surface area contributed by atoms with Gasteiger partial charge in [0.05, 0.1) is 16.9 Å². The Morgan fingerprint density at radius 3 is 0.913 bits per heavy atom. The van der Waals surface area contributed by atoms with Crippen molar-refractivity contribution >= 4 is 148 Å². The van der Waals surface area contributed by atoms with E-state index in [2.05, 4.69) is 109 Å². The summed E-state index contributed by atoms with van der Waals surface area (Å²) in [6.07, 6.45) is 10.2. The number of fused-ring (bicyclic) bond motifs is 4. The highest BCUT2D eigenvalue weighted by Crippen LogP contribution is 2.35. The van der Waals surface area contributed by atoms with Gasteiger partial charge in [-0.2, -0.15) is 13.2 Å². The highest BCUT2D eigenvalue weighted by molar-refractivity contribution is 6.05. The Morgan fingerprint density at radius 2 is 0.524 bits per heavy atom. The molecule has 2 atom stereocenters. The molecule has 3 saturated carbocycles. The highest BCUT2D eigenvalue weighted by atomic mass is 19.4. The van der Waals surface area contributed by atoms with Gasteiger partial charge in [-0.15, -0.1) is 0 Å². The normalized spacial score (nSPS) is 14.3. The number of hydrogen-bond donors (Lipinski definition) is 16. The van der Waals surface area contributed by atoms with Crippen LogP contribution in [0.3, 0.4) is 0 Å². The predicted octanol–water partition coefficient (Wildman–Crippen LogP) is 23.5. The van der Waals surface area contributed by atoms with Crippen LogP contribution in [0.25, 0.3) is 43.1 Å². The van der Waals surface area contributed by atoms with E-state index in [1.807, 2.05) is 164 Å². The van der Waals surface area contributed by atoms with Crippen LogP contribution in [0.2, 0.25) is 0 Å². The summed E-state index contributed by atoms with van der Waals surface area (Å²) in [5.41, 5.74) is 5.84. The second-order valence-corrected chi connectivity index (χ2v) is 30.9. The van der Waals surface area contributed by atoms with Crippen LogP contribution in [-0.2, 0) is 19.3 Å². The molecule has 0 aromatic heterocycles. The zero-order chi connectivity index (χ0) is 87.8. The Morgan fingerprint density at radius 1 is 0.246 bits per heavy atom. The van der Waals surface area contributed by atoms with Crippen molar-refractivity contribution in [1.82, 2.24) is 31.9 Å². The van der Waals surface area contributed by atoms with Crippen LogP contribution in [0.4, 0.5) is 108 Å². The maximum absolute atomic E-state index is 13.3. The maximum Gasteiger partial charge on any atom is 0.416 e. The summed E-state index contributed by atoms with van der Waals surface area (Å²) in [5, 5.41) is 53.8. The van der Waals surface area contributed by atoms with Gasteiger partial charge in [-0.1, -0.05) is 245 Å². The minimum Gasteiger partial charge on any atom is -0.335 e. The van der Waals surface area contributed by atoms with Crippen molar-refractivity contribution in [1.29, 1.82) is 0 Å². The van der Waals surface area contributed by atoms with Gasteiger partial charge in [0.1, 0.15) is 0 Å². The van der Waals surface area contributed by atoms with Gasteiger partial charge < -0.3 is 85.1 Å². The van der Waals surface area contributed by atoms with E-state index in [-0.39, 0.29) is 71.7 Å². The monoisotopic (exact) mass is 1700 g/mol. The molecular formula is C99H101F3N16O8. The summed E-state index contributed by atoms with van der Waals surface area (Å²) < 4.78 is 39.8. The van der Waals surface area contributed by atoms with Gasteiger partial charge in [0.15, 0.2) is 0 Å². The number of benzene rings is 13. The average molecular weight is 1700 g/mol. The van der Waals surface area contributed by atoms with Crippen molar-refractivity contribution in [3.05, 3.63) is 314 Å². The van der Waals surface area contributed by atoms with Gasteiger partial charge in [-0.25, -0.2) is 38.4 Å². The third-order valence-electron chi connectivity index (χ3n) is 21.5. The van der Waals surface area contributed by atoms with Crippen molar-refractivity contribution < 1.29 is 51.5 Å². The molecule has 646 valence electrons. The summed E-state index contributed by atoms with van der Waals surface area (Å²) in [7, 11) is 0. The van der Waals surface area contributed by atoms with Crippen LogP contribution < -0.4 is 85.1 Å². The zero-order valence-electron chi connectivity index (χ0n) is 69.3. The van der Waals surface area contributed by atoms with Gasteiger partial charge in [0.25, 0.3) is 0 Å². The Labute approximate surface area is 728 Å². The third kappa shape index (κ3) is 27.4. The van der Waals surface area contributed by atoms with Crippen LogP contribution in [0.15, 0.2) is 297 Å². The Hall–Kier alpha value is -15.2. The molecule has 3 aliphatic rings. The average Bonchev–Trinajstić information content (AvgIpc) is 0.840. The second-order valence-electron chi connectivity index (χ2n) is 30.9. The fourth-order valence-electron chi connectivity index (χ4n) is 15.5. The van der Waals surface area contributed by atoms with E-state index in [4.69, 9.17) is 0 Å². The lowest BCUT2D eigenvalue weighted by molar-refractivity contribution is -0.137. The summed E-state index contributed by atoms with van der Waals surface area (Å²) in [5.74, 6) is 0. The van der Waals surface area contributed by atoms with Crippen LogP contribution in [0.1, 0.15) is 107 Å². The molecule has 16 amide bonds. The second kappa shape index (κ2) is 44.6. The van der Waals surface area contributed by atoms with Gasteiger partial charge in [0, 0.05) is 93.5 Å². The molecular weight excluding hydrogens is 1600 g/mol. The lowest BCUT2D eigenvalue weighted by Crippen LogP contribution is -2.47. The van der Waals surface area contributed by atoms with Crippen molar-refractivity contribution in [2.75, 3.05) is 53.2 Å². The fraction of sp³-hybridized carbons (Fsp3) is 0.212. The van der Waals surface area contributed by atoms with Crippen molar-refractivity contribution in [3.63, 3.8) is 0 Å². The number of hydrogen-bond acceptors (Lipinski definition) is 8. The molecule has 0 radical (unpaired) electrons. The topological polar surface area (TPSA) is 329 Å². The molecule has 16 N–H and O–H groups in total. The number of halogens is 3. The number of anilines is 10. The summed E-state index contributed by atoms with van der Waals surface area (Å²) >= 11 is 0. The van der Waals surface area contributed by atoms with E-state index in [0.717, 1.165) is 123 Å². The first-order valence-electron chi connectivity index (χ1n) is 42.3. The van der Waals surface area contributed by atoms with E-state index in [0.29, 0.717) is 53.6 Å². The molecule has 126 heavy (non-hydrogen) atoms. The number of amides is 16. The molecule has 27 heteroatoms. The SMILES string of the molecule is O=C(NCc1cccc2ccccc12)Nc1cccc(NC(=O)NCc2cccc3ccccc23)c1.O=C(Nc1cccc(NC(=O)NC2CCCCC2)c1)NC1CCCCC1.O=C(Nc1cccc2ccccc12)NC1CCCC(NC(=O)Nc2cccc3ccccc23)C1.O=C(Nc1ccccc1)Nc1cc(NC(=O)Nc2ccccc2)cc(C(F)(F)F)c1. The summed E-state index contributed by atoms with van der Waals surface area (Å²) in [6.45, 7) is 0.809. The quantitative estimate of drug-likeness (QED) is 0.0391. The number of carbonyl (C=O) groups excluding carboxylic acids is 8. The Balaban J connectivity index is 0.000000145. The number of para-hydroxylation sites is 2. The van der Waals surface area contributed by atoms with E-state index in [9.17, 15) is 51.5 Å². The minimum absolute atomic E-state index is 0.00609. The molecule has 3 aliphatic carbocycles. The molecule has 0 bridgehead atoms. The largest absolute Gasteiger partial charge is 0.416 e. The summed E-state index contributed by atoms with van der Waals surface area (Å²) in [4.78, 5) is 98.9. The van der Waals surface area contributed by atoms with Crippen LogP contribution >= 0.6 is 0 Å². The van der Waals surface area contributed by atoms with Crippen molar-refractivity contribution in [2.24, 2.45) is 0 Å². The number of rotatable bonds is 18. The van der Waals surface area contributed by atoms with Gasteiger partial charge in [-0.3, -0.25) is 0 Å². The first-order chi connectivity index (χ1) is 61.3. The number of urea groups is 8. The Bertz CT molecular complexity index is 5560. The molecule has 3 fully saturated rings. The van der Waals surface area contributed by atoms with Crippen molar-refractivity contribution in [2.45, 2.75) is 133 Å². The van der Waals surface area contributed by atoms with Crippen LogP contribution in [-0.4, -0.2) is 72.4 Å². The van der Waals surface area contributed by atoms with Crippen LogP contribution in [0, 0.1) is 0 Å². The minimum atomic E-state index is -4.67. The fourth-order valence-corrected chi connectivity index (χ4v) is 15.5. The number of nitrogens with one attached hydrogen (secondary N) is 16. The first-order valence-corrected chi connectivity index (χ1v) is 42.3. The lowest BCUT2D eigenvalue weighted by atomic mass is 9.91. The van der Waals surface area contributed by atoms with Crippen LogP contribution in [0.5, 0.6) is 0 Å². The first kappa shape index (κ1) is 88.6. The molecule has 2 unspecified atom stereocenters. The van der Waals surface area contributed by atoms with Gasteiger partial charge in [0.2, 0.25) is 0 Å². The zero-order valence-corrected chi connectivity index (χ0v) is 69.3. The lowest BCUT2D eigenvalue weighted by Gasteiger charge is -2.30. The van der Waals surface area contributed by atoms with E-state index >= 15 is 0 Å². The number of carbonyl (C=O) groups is 8. The molecule has 0 saturated heterocycles. The van der Waals surface area contributed by atoms with Gasteiger partial charge in [-0.05, 0) is 186 Å². The number of alkyl halides is 3. The van der Waals surface area contributed by atoms with Gasteiger partial charge >= 0.3 is 54.4 Å². The highest BCUT2D eigenvalue weighted by Gasteiger charge is 2.32. The molecule has 24 nitrogen and oxygen atoms in total. The van der Waals surface area contributed by atoms with E-state index in [1.54, 1.807) is 91.0 Å². The molecule has 13 aromatic carbocycles. The maximum atomic E-state index is 13.3. The van der Waals surface area contributed by atoms with E-state index < -0.39 is 23.8 Å². The van der Waals surface area contributed by atoms with Crippen molar-refractivity contribution in [3.8, 4) is 0 Å². The predicted molar refractivity (Wildman–Crippen MR) is 498 cm³/mol. The summed E-state index contributed by atoms with van der Waals surface area (Å²) in [6, 6.07) is 87.5. The molecule has 0 aliphatic heterocycles. The molecule has 0 spiro atoms. The Kier molecular flexibility index (Phi) is 31.4. The molecule has 16 rings (SSSR count).